The van der Waals surface area contributed by atoms with Gasteiger partial charge in [-0.1, -0.05) is 35.6 Å². The van der Waals surface area contributed by atoms with E-state index in [1.807, 2.05) is 0 Å². The highest BCUT2D eigenvalue weighted by molar-refractivity contribution is 7.22. The molecule has 0 fully saturated rings. The van der Waals surface area contributed by atoms with E-state index in [1.165, 1.54) is 37.3 Å². The molecule has 3 heterocycles. The van der Waals surface area contributed by atoms with Gasteiger partial charge in [-0.05, 0) is 48.0 Å². The third-order valence-electron chi connectivity index (χ3n) is 6.38. The Balaban J connectivity index is 1.50. The second-order valence-electron chi connectivity index (χ2n) is 8.54. The number of amides is 1. The molecule has 8 nitrogen and oxygen atoms in total. The fraction of sp³-hybridized carbons (Fsp3) is 0.107. The number of methoxy groups -OCH3 is 2. The summed E-state index contributed by atoms with van der Waals surface area (Å²) < 4.78 is 30.8. The van der Waals surface area contributed by atoms with Crippen molar-refractivity contribution in [3.63, 3.8) is 0 Å². The molecule has 5 aromatic rings. The zero-order chi connectivity index (χ0) is 26.6. The van der Waals surface area contributed by atoms with Crippen LogP contribution in [0.4, 0.5) is 9.52 Å². The van der Waals surface area contributed by atoms with E-state index in [9.17, 15) is 19.1 Å². The van der Waals surface area contributed by atoms with Crippen molar-refractivity contribution >= 4 is 49.3 Å². The van der Waals surface area contributed by atoms with E-state index in [2.05, 4.69) is 4.98 Å². The number of anilines is 1. The maximum Gasteiger partial charge on any atom is 0.296 e. The number of hydrogen-bond acceptors (Lipinski definition) is 8. The lowest BCUT2D eigenvalue weighted by Crippen LogP contribution is -2.30. The molecule has 0 bridgehead atoms. The third-order valence-corrected chi connectivity index (χ3v) is 7.40. The standard InChI is InChI=1S/C28H19FN2O6S/c1-35-17-9-6-14(7-10-17)23-22(24(32)20-12-15-4-3-5-19(36-2)26(15)37-20)25(33)27(34)31(23)28-30-18-11-8-16(29)13-21(18)38-28/h3-13,23,33H,1-2H3. The average molecular weight is 531 g/mol. The smallest absolute Gasteiger partial charge is 0.296 e. The Labute approximate surface area is 219 Å². The van der Waals surface area contributed by atoms with E-state index in [1.54, 1.807) is 48.5 Å². The van der Waals surface area contributed by atoms with Crippen LogP contribution in [-0.4, -0.2) is 36.0 Å². The number of furan rings is 1. The van der Waals surface area contributed by atoms with Gasteiger partial charge in [0.05, 0.1) is 36.1 Å². The van der Waals surface area contributed by atoms with Crippen LogP contribution in [0.2, 0.25) is 0 Å². The molecule has 3 aromatic carbocycles. The molecule has 0 radical (unpaired) electrons. The number of benzene rings is 3. The normalized spacial score (nSPS) is 15.6. The number of fused-ring (bicyclic) bond motifs is 2. The predicted molar refractivity (Wildman–Crippen MR) is 140 cm³/mol. The van der Waals surface area contributed by atoms with Crippen molar-refractivity contribution in [1.29, 1.82) is 0 Å². The summed E-state index contributed by atoms with van der Waals surface area (Å²) in [5, 5.41) is 11.9. The Kier molecular flexibility index (Phi) is 5.61. The van der Waals surface area contributed by atoms with Crippen LogP contribution in [0.3, 0.4) is 0 Å². The molecular formula is C28H19FN2O6S. The van der Waals surface area contributed by atoms with Gasteiger partial charge in [0.2, 0.25) is 5.78 Å². The zero-order valence-corrected chi connectivity index (χ0v) is 20.9. The second-order valence-corrected chi connectivity index (χ2v) is 9.55. The number of aliphatic hydroxyl groups is 1. The Morgan fingerprint density at radius 1 is 1.08 bits per heavy atom. The van der Waals surface area contributed by atoms with Gasteiger partial charge in [-0.15, -0.1) is 0 Å². The molecule has 0 saturated carbocycles. The predicted octanol–water partition coefficient (Wildman–Crippen LogP) is 5.98. The van der Waals surface area contributed by atoms with Crippen LogP contribution in [-0.2, 0) is 4.79 Å². The summed E-state index contributed by atoms with van der Waals surface area (Å²) in [5.74, 6) is -1.67. The van der Waals surface area contributed by atoms with Crippen LogP contribution >= 0.6 is 11.3 Å². The number of hydrogen-bond donors (Lipinski definition) is 1. The van der Waals surface area contributed by atoms with Gasteiger partial charge < -0.3 is 19.0 Å². The van der Waals surface area contributed by atoms with Crippen molar-refractivity contribution in [3.05, 3.63) is 95.2 Å². The lowest BCUT2D eigenvalue weighted by atomic mass is 9.95. The van der Waals surface area contributed by atoms with Gasteiger partial charge in [0, 0.05) is 5.39 Å². The number of Topliss-reactive ketones (excluding diaryl/α,β-unsaturated/α-hetero) is 1. The highest BCUT2D eigenvalue weighted by Crippen LogP contribution is 2.45. The minimum Gasteiger partial charge on any atom is -0.503 e. The minimum absolute atomic E-state index is 0.0643. The topological polar surface area (TPSA) is 102 Å². The number of halogens is 1. The van der Waals surface area contributed by atoms with Crippen LogP contribution in [0.15, 0.2) is 82.5 Å². The number of aromatic nitrogens is 1. The van der Waals surface area contributed by atoms with E-state index in [4.69, 9.17) is 13.9 Å². The Hall–Kier alpha value is -4.70. The van der Waals surface area contributed by atoms with Gasteiger partial charge in [0.1, 0.15) is 11.6 Å². The number of rotatable bonds is 6. The maximum atomic E-state index is 13.9. The largest absolute Gasteiger partial charge is 0.503 e. The lowest BCUT2D eigenvalue weighted by molar-refractivity contribution is -0.117. The van der Waals surface area contributed by atoms with E-state index in [0.29, 0.717) is 38.2 Å². The summed E-state index contributed by atoms with van der Waals surface area (Å²) in [6.07, 6.45) is 0. The average Bonchev–Trinajstić information content (AvgIpc) is 3.62. The van der Waals surface area contributed by atoms with Crippen molar-refractivity contribution in [2.24, 2.45) is 0 Å². The van der Waals surface area contributed by atoms with Gasteiger partial charge >= 0.3 is 0 Å². The first kappa shape index (κ1) is 23.7. The fourth-order valence-electron chi connectivity index (χ4n) is 4.57. The highest BCUT2D eigenvalue weighted by atomic mass is 32.1. The molecule has 1 amide bonds. The monoisotopic (exact) mass is 530 g/mol. The zero-order valence-electron chi connectivity index (χ0n) is 20.1. The molecule has 0 spiro atoms. The number of ether oxygens (including phenoxy) is 2. The molecule has 2 aromatic heterocycles. The SMILES string of the molecule is COc1ccc(C2C(C(=O)c3cc4cccc(OC)c4o3)=C(O)C(=O)N2c2nc3ccc(F)cc3s2)cc1. The summed E-state index contributed by atoms with van der Waals surface area (Å²) in [6, 6.07) is 16.6. The summed E-state index contributed by atoms with van der Waals surface area (Å²) >= 11 is 1.08. The first-order valence-corrected chi connectivity index (χ1v) is 12.3. The van der Waals surface area contributed by atoms with Crippen molar-refractivity contribution in [1.82, 2.24) is 4.98 Å². The Bertz CT molecular complexity index is 1770. The molecule has 1 atom stereocenters. The maximum absolute atomic E-state index is 13.9. The summed E-state index contributed by atoms with van der Waals surface area (Å²) in [7, 11) is 3.02. The molecule has 0 saturated heterocycles. The van der Waals surface area contributed by atoms with E-state index >= 15 is 0 Å². The number of thiazole rings is 1. The van der Waals surface area contributed by atoms with Gasteiger partial charge in [-0.2, -0.15) is 0 Å². The van der Waals surface area contributed by atoms with Gasteiger partial charge in [-0.25, -0.2) is 9.37 Å². The van der Waals surface area contributed by atoms with Crippen molar-refractivity contribution in [2.75, 3.05) is 19.1 Å². The summed E-state index contributed by atoms with van der Waals surface area (Å²) in [4.78, 5) is 33.1. The molecule has 1 N–H and O–H groups in total. The Morgan fingerprint density at radius 3 is 2.61 bits per heavy atom. The molecule has 1 aliphatic heterocycles. The van der Waals surface area contributed by atoms with E-state index < -0.39 is 29.3 Å². The number of carbonyl (C=O) groups is 2. The lowest BCUT2D eigenvalue weighted by Gasteiger charge is -2.24. The Morgan fingerprint density at radius 2 is 1.87 bits per heavy atom. The summed E-state index contributed by atoms with van der Waals surface area (Å²) in [5.41, 5.74) is 1.22. The quantitative estimate of drug-likeness (QED) is 0.269. The van der Waals surface area contributed by atoms with Gasteiger partial charge in [-0.3, -0.25) is 14.5 Å². The summed E-state index contributed by atoms with van der Waals surface area (Å²) in [6.45, 7) is 0. The van der Waals surface area contributed by atoms with Crippen LogP contribution in [0.5, 0.6) is 11.5 Å². The van der Waals surface area contributed by atoms with E-state index in [-0.39, 0.29) is 16.5 Å². The van der Waals surface area contributed by atoms with Crippen LogP contribution < -0.4 is 14.4 Å². The van der Waals surface area contributed by atoms with Crippen molar-refractivity contribution < 1.29 is 33.0 Å². The van der Waals surface area contributed by atoms with Crippen LogP contribution in [0, 0.1) is 5.82 Å². The van der Waals surface area contributed by atoms with Gasteiger partial charge in [0.15, 0.2) is 28.0 Å². The molecule has 1 unspecified atom stereocenters. The second kappa shape index (κ2) is 9.00. The molecular weight excluding hydrogens is 511 g/mol. The molecule has 190 valence electrons. The van der Waals surface area contributed by atoms with Crippen molar-refractivity contribution in [2.45, 2.75) is 6.04 Å². The third kappa shape index (κ3) is 3.69. The number of ketones is 1. The molecule has 0 aliphatic carbocycles. The van der Waals surface area contributed by atoms with Gasteiger partial charge in [0.25, 0.3) is 5.91 Å². The number of carbonyl (C=O) groups excluding carboxylic acids is 2. The van der Waals surface area contributed by atoms with Crippen molar-refractivity contribution in [3.8, 4) is 11.5 Å². The molecule has 1 aliphatic rings. The number of aliphatic hydroxyl groups excluding tert-OH is 1. The van der Waals surface area contributed by atoms with E-state index in [0.717, 1.165) is 11.3 Å². The fourth-order valence-corrected chi connectivity index (χ4v) is 5.58. The molecule has 38 heavy (non-hydrogen) atoms. The first-order chi connectivity index (χ1) is 18.4. The van der Waals surface area contributed by atoms with Crippen LogP contribution in [0.25, 0.3) is 21.2 Å². The number of nitrogens with zero attached hydrogens (tertiary/aromatic N) is 2. The van der Waals surface area contributed by atoms with Crippen LogP contribution in [0.1, 0.15) is 22.2 Å². The first-order valence-electron chi connectivity index (χ1n) is 11.5. The molecule has 10 heteroatoms. The minimum atomic E-state index is -1.03. The number of para-hydroxylation sites is 1. The molecule has 6 rings (SSSR count). The highest BCUT2D eigenvalue weighted by Gasteiger charge is 2.46.